The van der Waals surface area contributed by atoms with Crippen LogP contribution in [0.15, 0.2) is 42.5 Å². The van der Waals surface area contributed by atoms with Crippen molar-refractivity contribution in [2.75, 3.05) is 5.32 Å². The highest BCUT2D eigenvalue weighted by atomic mass is 19.1. The van der Waals surface area contributed by atoms with Gasteiger partial charge in [-0.2, -0.15) is 0 Å². The molecule has 3 nitrogen and oxygen atoms in total. The fourth-order valence-corrected chi connectivity index (χ4v) is 1.94. The van der Waals surface area contributed by atoms with E-state index in [1.165, 1.54) is 0 Å². The van der Waals surface area contributed by atoms with Crippen LogP contribution in [0.3, 0.4) is 0 Å². The molecule has 0 saturated carbocycles. The standard InChI is InChI=1S/C17H18FNO2/c1-17(2,3)11-4-7-13(8-5-11)19-16(21)14-10-12(18)6-9-15(14)20/h4-10,20H,1-3H3,(H,19,21). The maximum atomic E-state index is 13.1. The second kappa shape index (κ2) is 5.56. The number of amides is 1. The highest BCUT2D eigenvalue weighted by Crippen LogP contribution is 2.24. The Morgan fingerprint density at radius 3 is 2.29 bits per heavy atom. The lowest BCUT2D eigenvalue weighted by molar-refractivity contribution is 0.102. The number of phenolic OH excluding ortho intramolecular Hbond substituents is 1. The summed E-state index contributed by atoms with van der Waals surface area (Å²) in [6.45, 7) is 6.31. The van der Waals surface area contributed by atoms with Gasteiger partial charge in [0, 0.05) is 5.69 Å². The van der Waals surface area contributed by atoms with Crippen LogP contribution >= 0.6 is 0 Å². The van der Waals surface area contributed by atoms with E-state index < -0.39 is 11.7 Å². The van der Waals surface area contributed by atoms with Gasteiger partial charge in [0.05, 0.1) is 5.56 Å². The Hall–Kier alpha value is -2.36. The normalized spacial score (nSPS) is 11.2. The van der Waals surface area contributed by atoms with Crippen molar-refractivity contribution in [2.24, 2.45) is 0 Å². The minimum absolute atomic E-state index is 0.0311. The summed E-state index contributed by atoms with van der Waals surface area (Å²) in [5, 5.41) is 12.2. The summed E-state index contributed by atoms with van der Waals surface area (Å²) in [6, 6.07) is 10.7. The van der Waals surface area contributed by atoms with Gasteiger partial charge < -0.3 is 10.4 Å². The molecule has 1 amide bonds. The molecule has 0 bridgehead atoms. The molecule has 110 valence electrons. The maximum Gasteiger partial charge on any atom is 0.259 e. The molecule has 0 aliphatic rings. The van der Waals surface area contributed by atoms with Gasteiger partial charge in [-0.15, -0.1) is 0 Å². The summed E-state index contributed by atoms with van der Waals surface area (Å²) in [6.07, 6.45) is 0. The van der Waals surface area contributed by atoms with Crippen LogP contribution < -0.4 is 5.32 Å². The number of benzene rings is 2. The van der Waals surface area contributed by atoms with Crippen LogP contribution in [-0.4, -0.2) is 11.0 Å². The summed E-state index contributed by atoms with van der Waals surface area (Å²) >= 11 is 0. The molecule has 0 saturated heterocycles. The van der Waals surface area contributed by atoms with Crippen molar-refractivity contribution in [2.45, 2.75) is 26.2 Å². The molecular weight excluding hydrogens is 269 g/mol. The van der Waals surface area contributed by atoms with Gasteiger partial charge in [0.2, 0.25) is 0 Å². The minimum atomic E-state index is -0.568. The van der Waals surface area contributed by atoms with Gasteiger partial charge in [-0.3, -0.25) is 4.79 Å². The molecule has 0 atom stereocenters. The van der Waals surface area contributed by atoms with Gasteiger partial charge in [0.15, 0.2) is 0 Å². The van der Waals surface area contributed by atoms with E-state index in [1.807, 2.05) is 12.1 Å². The Bertz CT molecular complexity index is 657. The molecule has 0 unspecified atom stereocenters. The average Bonchev–Trinajstić information content (AvgIpc) is 2.41. The van der Waals surface area contributed by atoms with Crippen molar-refractivity contribution in [3.8, 4) is 5.75 Å². The van der Waals surface area contributed by atoms with Crippen molar-refractivity contribution in [3.63, 3.8) is 0 Å². The first-order valence-corrected chi connectivity index (χ1v) is 6.68. The monoisotopic (exact) mass is 287 g/mol. The molecule has 4 heteroatoms. The third-order valence-electron chi connectivity index (χ3n) is 3.21. The minimum Gasteiger partial charge on any atom is -0.507 e. The van der Waals surface area contributed by atoms with Crippen LogP contribution in [0.25, 0.3) is 0 Å². The number of carbonyl (C=O) groups excluding carboxylic acids is 1. The lowest BCUT2D eigenvalue weighted by atomic mass is 9.87. The topological polar surface area (TPSA) is 49.3 Å². The molecule has 0 radical (unpaired) electrons. The number of halogens is 1. The van der Waals surface area contributed by atoms with Crippen LogP contribution in [0.5, 0.6) is 5.75 Å². The van der Waals surface area contributed by atoms with E-state index in [9.17, 15) is 14.3 Å². The summed E-state index contributed by atoms with van der Waals surface area (Å²) in [4.78, 5) is 12.0. The molecule has 0 aliphatic heterocycles. The largest absolute Gasteiger partial charge is 0.507 e. The predicted molar refractivity (Wildman–Crippen MR) is 81.2 cm³/mol. The lowest BCUT2D eigenvalue weighted by Gasteiger charge is -2.19. The van der Waals surface area contributed by atoms with E-state index in [0.717, 1.165) is 23.8 Å². The van der Waals surface area contributed by atoms with Crippen LogP contribution in [0, 0.1) is 5.82 Å². The number of carbonyl (C=O) groups is 1. The van der Waals surface area contributed by atoms with Crippen LogP contribution in [-0.2, 0) is 5.41 Å². The van der Waals surface area contributed by atoms with E-state index in [4.69, 9.17) is 0 Å². The summed E-state index contributed by atoms with van der Waals surface area (Å²) < 4.78 is 13.1. The number of hydrogen-bond donors (Lipinski definition) is 2. The van der Waals surface area contributed by atoms with Crippen molar-refractivity contribution < 1.29 is 14.3 Å². The molecule has 0 aliphatic carbocycles. The zero-order valence-electron chi connectivity index (χ0n) is 12.3. The van der Waals surface area contributed by atoms with E-state index in [0.29, 0.717) is 5.69 Å². The summed E-state index contributed by atoms with van der Waals surface area (Å²) in [5.74, 6) is -1.36. The maximum absolute atomic E-state index is 13.1. The SMILES string of the molecule is CC(C)(C)c1ccc(NC(=O)c2cc(F)ccc2O)cc1. The number of rotatable bonds is 2. The first-order valence-electron chi connectivity index (χ1n) is 6.68. The van der Waals surface area contributed by atoms with Crippen LogP contribution in [0.2, 0.25) is 0 Å². The van der Waals surface area contributed by atoms with E-state index in [-0.39, 0.29) is 16.7 Å². The Labute approximate surface area is 123 Å². The van der Waals surface area contributed by atoms with E-state index in [1.54, 1.807) is 12.1 Å². The third kappa shape index (κ3) is 3.60. The first kappa shape index (κ1) is 15.0. The van der Waals surface area contributed by atoms with Crippen molar-refractivity contribution >= 4 is 11.6 Å². The Kier molecular flexibility index (Phi) is 3.98. The van der Waals surface area contributed by atoms with Crippen LogP contribution in [0.4, 0.5) is 10.1 Å². The van der Waals surface area contributed by atoms with Gasteiger partial charge in [-0.25, -0.2) is 4.39 Å². The zero-order chi connectivity index (χ0) is 15.6. The second-order valence-corrected chi connectivity index (χ2v) is 5.94. The highest BCUT2D eigenvalue weighted by Gasteiger charge is 2.15. The molecule has 0 fully saturated rings. The molecule has 2 aromatic rings. The lowest BCUT2D eigenvalue weighted by Crippen LogP contribution is -2.14. The van der Waals surface area contributed by atoms with Gasteiger partial charge in [-0.1, -0.05) is 32.9 Å². The second-order valence-electron chi connectivity index (χ2n) is 5.94. The number of phenols is 1. The third-order valence-corrected chi connectivity index (χ3v) is 3.21. The van der Waals surface area contributed by atoms with E-state index in [2.05, 4.69) is 26.1 Å². The number of hydrogen-bond acceptors (Lipinski definition) is 2. The molecule has 2 N–H and O–H groups in total. The van der Waals surface area contributed by atoms with Gasteiger partial charge >= 0.3 is 0 Å². The highest BCUT2D eigenvalue weighted by molar-refractivity contribution is 6.06. The molecule has 0 heterocycles. The van der Waals surface area contributed by atoms with Crippen molar-refractivity contribution in [3.05, 3.63) is 59.4 Å². The molecule has 2 aromatic carbocycles. The molecule has 0 aromatic heterocycles. The molecule has 0 spiro atoms. The Balaban J connectivity index is 2.18. The first-order chi connectivity index (χ1) is 9.77. The van der Waals surface area contributed by atoms with Crippen molar-refractivity contribution in [1.82, 2.24) is 0 Å². The average molecular weight is 287 g/mol. The number of anilines is 1. The number of aromatic hydroxyl groups is 1. The summed E-state index contributed by atoms with van der Waals surface area (Å²) in [7, 11) is 0. The Morgan fingerprint density at radius 2 is 1.71 bits per heavy atom. The fourth-order valence-electron chi connectivity index (χ4n) is 1.94. The summed E-state index contributed by atoms with van der Waals surface area (Å²) in [5.41, 5.74) is 1.68. The van der Waals surface area contributed by atoms with E-state index >= 15 is 0 Å². The van der Waals surface area contributed by atoms with Crippen LogP contribution in [0.1, 0.15) is 36.7 Å². The predicted octanol–water partition coefficient (Wildman–Crippen LogP) is 4.08. The quantitative estimate of drug-likeness (QED) is 0.874. The Morgan fingerprint density at radius 1 is 1.10 bits per heavy atom. The number of nitrogens with one attached hydrogen (secondary N) is 1. The smallest absolute Gasteiger partial charge is 0.259 e. The van der Waals surface area contributed by atoms with Crippen molar-refractivity contribution in [1.29, 1.82) is 0 Å². The van der Waals surface area contributed by atoms with Gasteiger partial charge in [0.1, 0.15) is 11.6 Å². The van der Waals surface area contributed by atoms with Gasteiger partial charge in [0.25, 0.3) is 5.91 Å². The molecule has 21 heavy (non-hydrogen) atoms. The van der Waals surface area contributed by atoms with Gasteiger partial charge in [-0.05, 0) is 41.3 Å². The molecular formula is C17H18FNO2. The zero-order valence-corrected chi connectivity index (χ0v) is 12.3. The molecule has 2 rings (SSSR count). The fraction of sp³-hybridized carbons (Fsp3) is 0.235.